The Morgan fingerprint density at radius 2 is 1.88 bits per heavy atom. The lowest BCUT2D eigenvalue weighted by molar-refractivity contribution is -0.151. The van der Waals surface area contributed by atoms with Crippen molar-refractivity contribution in [3.63, 3.8) is 0 Å². The lowest BCUT2D eigenvalue weighted by Gasteiger charge is -2.38. The van der Waals surface area contributed by atoms with Gasteiger partial charge in [-0.1, -0.05) is 19.1 Å². The maximum atomic E-state index is 13.7. The fraction of sp³-hybridized carbons (Fsp3) is 0.458. The van der Waals surface area contributed by atoms with Gasteiger partial charge >= 0.3 is 11.9 Å². The summed E-state index contributed by atoms with van der Waals surface area (Å²) >= 11 is 0. The van der Waals surface area contributed by atoms with Crippen LogP contribution in [0.3, 0.4) is 0 Å². The second-order valence-electron chi connectivity index (χ2n) is 7.84. The molecule has 0 spiro atoms. The summed E-state index contributed by atoms with van der Waals surface area (Å²) in [6, 6.07) is 5.29. The van der Waals surface area contributed by atoms with Crippen LogP contribution >= 0.6 is 0 Å². The van der Waals surface area contributed by atoms with Crippen LogP contribution in [-0.2, 0) is 23.9 Å². The van der Waals surface area contributed by atoms with Crippen LogP contribution in [0.2, 0.25) is 0 Å². The van der Waals surface area contributed by atoms with Crippen molar-refractivity contribution in [2.75, 3.05) is 27.9 Å². The van der Waals surface area contributed by atoms with E-state index in [0.717, 1.165) is 0 Å². The molecule has 0 saturated heterocycles. The number of ether oxygens (including phenoxy) is 4. The van der Waals surface area contributed by atoms with Crippen LogP contribution in [-0.4, -0.2) is 45.7 Å². The number of Topliss-reactive ketones (excluding diaryl/α,β-unsaturated/α-hetero) is 1. The zero-order valence-corrected chi connectivity index (χ0v) is 19.2. The topological polar surface area (TPSA) is 100 Å². The van der Waals surface area contributed by atoms with Crippen molar-refractivity contribution in [2.45, 2.75) is 33.1 Å². The van der Waals surface area contributed by atoms with Gasteiger partial charge in [0.05, 0.1) is 39.4 Å². The molecular formula is C24H29NO7. The first-order valence-corrected chi connectivity index (χ1v) is 10.5. The molecule has 1 N–H and O–H groups in total. The fourth-order valence-electron chi connectivity index (χ4n) is 4.61. The SMILES string of the molecule is CCOC(=O)C1=C(C)NC2=C(C(=O)[C@H](C(=O)OC)[C@@H](C)C2)[C@@H]1c1cccc(OC)c1OC. The molecule has 2 aliphatic rings. The molecule has 172 valence electrons. The average molecular weight is 443 g/mol. The second-order valence-corrected chi connectivity index (χ2v) is 7.84. The lowest BCUT2D eigenvalue weighted by atomic mass is 9.69. The first kappa shape index (κ1) is 23.4. The van der Waals surface area contributed by atoms with Crippen LogP contribution < -0.4 is 14.8 Å². The number of dihydropyridines is 1. The average Bonchev–Trinajstić information content (AvgIpc) is 2.77. The molecule has 0 unspecified atom stereocenters. The highest BCUT2D eigenvalue weighted by Gasteiger charge is 2.48. The molecule has 0 fully saturated rings. The Bertz CT molecular complexity index is 1010. The maximum absolute atomic E-state index is 13.7. The number of para-hydroxylation sites is 1. The molecule has 0 amide bonds. The quantitative estimate of drug-likeness (QED) is 0.529. The number of hydrogen-bond donors (Lipinski definition) is 1. The summed E-state index contributed by atoms with van der Waals surface area (Å²) in [5, 5.41) is 3.23. The van der Waals surface area contributed by atoms with E-state index in [1.165, 1.54) is 21.3 Å². The van der Waals surface area contributed by atoms with Gasteiger partial charge in [-0.25, -0.2) is 4.79 Å². The molecule has 0 radical (unpaired) electrons. The zero-order valence-electron chi connectivity index (χ0n) is 19.2. The number of nitrogens with one attached hydrogen (secondary N) is 1. The Balaban J connectivity index is 2.28. The molecule has 3 atom stereocenters. The number of carbonyl (C=O) groups is 3. The Morgan fingerprint density at radius 3 is 2.47 bits per heavy atom. The molecular weight excluding hydrogens is 414 g/mol. The van der Waals surface area contributed by atoms with Crippen molar-refractivity contribution in [3.8, 4) is 11.5 Å². The third-order valence-electron chi connectivity index (χ3n) is 5.98. The fourth-order valence-corrected chi connectivity index (χ4v) is 4.61. The molecule has 1 aliphatic carbocycles. The van der Waals surface area contributed by atoms with Gasteiger partial charge in [0, 0.05) is 22.5 Å². The summed E-state index contributed by atoms with van der Waals surface area (Å²) in [4.78, 5) is 39.2. The number of rotatable bonds is 6. The van der Waals surface area contributed by atoms with Crippen molar-refractivity contribution >= 4 is 17.7 Å². The van der Waals surface area contributed by atoms with Crippen molar-refractivity contribution in [2.24, 2.45) is 11.8 Å². The predicted octanol–water partition coefficient (Wildman–Crippen LogP) is 2.88. The molecule has 32 heavy (non-hydrogen) atoms. The van der Waals surface area contributed by atoms with Crippen molar-refractivity contribution < 1.29 is 33.3 Å². The highest BCUT2D eigenvalue weighted by Crippen LogP contribution is 2.49. The van der Waals surface area contributed by atoms with Gasteiger partial charge in [-0.15, -0.1) is 0 Å². The van der Waals surface area contributed by atoms with Crippen molar-refractivity contribution in [3.05, 3.63) is 46.3 Å². The maximum Gasteiger partial charge on any atom is 0.336 e. The number of benzene rings is 1. The Hall–Kier alpha value is -3.29. The van der Waals surface area contributed by atoms with Gasteiger partial charge in [-0.2, -0.15) is 0 Å². The van der Waals surface area contributed by atoms with Gasteiger partial charge < -0.3 is 24.3 Å². The minimum absolute atomic E-state index is 0.180. The summed E-state index contributed by atoms with van der Waals surface area (Å²) in [5.74, 6) is -2.64. The van der Waals surface area contributed by atoms with Crippen LogP contribution in [0.5, 0.6) is 11.5 Å². The van der Waals surface area contributed by atoms with Crippen molar-refractivity contribution in [1.82, 2.24) is 5.32 Å². The molecule has 3 rings (SSSR count). The largest absolute Gasteiger partial charge is 0.493 e. The van der Waals surface area contributed by atoms with E-state index in [9.17, 15) is 14.4 Å². The molecule has 1 aromatic rings. The summed E-state index contributed by atoms with van der Waals surface area (Å²) in [6.45, 7) is 5.51. The van der Waals surface area contributed by atoms with Crippen LogP contribution in [0, 0.1) is 11.8 Å². The Kier molecular flexibility index (Phi) is 6.91. The normalized spacial score (nSPS) is 22.7. The first-order chi connectivity index (χ1) is 15.3. The minimum Gasteiger partial charge on any atom is -0.493 e. The van der Waals surface area contributed by atoms with E-state index in [4.69, 9.17) is 18.9 Å². The van der Waals surface area contributed by atoms with Crippen molar-refractivity contribution in [1.29, 1.82) is 0 Å². The number of ketones is 1. The third-order valence-corrected chi connectivity index (χ3v) is 5.98. The number of carbonyl (C=O) groups excluding carboxylic acids is 3. The van der Waals surface area contributed by atoms with Crippen LogP contribution in [0.25, 0.3) is 0 Å². The smallest absolute Gasteiger partial charge is 0.336 e. The van der Waals surface area contributed by atoms with Gasteiger partial charge in [0.2, 0.25) is 0 Å². The van der Waals surface area contributed by atoms with Gasteiger partial charge in [-0.05, 0) is 32.3 Å². The molecule has 1 aromatic carbocycles. The van der Waals surface area contributed by atoms with E-state index < -0.39 is 23.8 Å². The van der Waals surface area contributed by atoms with E-state index in [1.807, 2.05) is 6.92 Å². The van der Waals surface area contributed by atoms with Gasteiger partial charge in [-0.3, -0.25) is 9.59 Å². The Morgan fingerprint density at radius 1 is 1.16 bits per heavy atom. The summed E-state index contributed by atoms with van der Waals surface area (Å²) in [5.41, 5.74) is 2.49. The standard InChI is InChI=1S/C24H29NO7/c1-7-32-24(28)18-13(3)25-15-11-12(2)17(23(27)31-6)21(26)20(15)19(18)14-9-8-10-16(29-4)22(14)30-5/h8-10,12,17,19,25H,7,11H2,1-6H3/t12-,17+,19+/m0/s1. The molecule has 0 aromatic heterocycles. The Labute approximate surface area is 187 Å². The van der Waals surface area contributed by atoms with E-state index in [2.05, 4.69) is 5.32 Å². The molecule has 1 heterocycles. The van der Waals surface area contributed by atoms with E-state index >= 15 is 0 Å². The predicted molar refractivity (Wildman–Crippen MR) is 116 cm³/mol. The lowest BCUT2D eigenvalue weighted by Crippen LogP contribution is -2.43. The monoisotopic (exact) mass is 443 g/mol. The number of methoxy groups -OCH3 is 3. The second kappa shape index (κ2) is 9.46. The number of allylic oxidation sites excluding steroid dienone is 3. The van der Waals surface area contributed by atoms with Crippen LogP contribution in [0.15, 0.2) is 40.7 Å². The van der Waals surface area contributed by atoms with Crippen LogP contribution in [0.4, 0.5) is 0 Å². The van der Waals surface area contributed by atoms with Crippen LogP contribution in [0.1, 0.15) is 38.7 Å². The van der Waals surface area contributed by atoms with E-state index in [1.54, 1.807) is 32.0 Å². The molecule has 8 heteroatoms. The molecule has 0 saturated carbocycles. The number of hydrogen-bond acceptors (Lipinski definition) is 8. The van der Waals surface area contributed by atoms with Gasteiger partial charge in [0.15, 0.2) is 17.3 Å². The molecule has 1 aliphatic heterocycles. The minimum atomic E-state index is -0.957. The van der Waals surface area contributed by atoms with Gasteiger partial charge in [0.1, 0.15) is 5.92 Å². The number of esters is 2. The first-order valence-electron chi connectivity index (χ1n) is 10.5. The highest BCUT2D eigenvalue weighted by molar-refractivity contribution is 6.12. The van der Waals surface area contributed by atoms with Gasteiger partial charge in [0.25, 0.3) is 0 Å². The highest BCUT2D eigenvalue weighted by atomic mass is 16.5. The van der Waals surface area contributed by atoms with E-state index in [-0.39, 0.29) is 18.3 Å². The summed E-state index contributed by atoms with van der Waals surface area (Å²) < 4.78 is 21.3. The molecule has 8 nitrogen and oxygen atoms in total. The summed E-state index contributed by atoms with van der Waals surface area (Å²) in [6.07, 6.45) is 0.455. The summed E-state index contributed by atoms with van der Waals surface area (Å²) in [7, 11) is 4.28. The van der Waals surface area contributed by atoms with E-state index in [0.29, 0.717) is 46.0 Å². The zero-order chi connectivity index (χ0) is 23.6. The third kappa shape index (κ3) is 3.85. The molecule has 0 bridgehead atoms.